The van der Waals surface area contributed by atoms with E-state index in [1.807, 2.05) is 0 Å². The second kappa shape index (κ2) is 3.08. The van der Waals surface area contributed by atoms with Crippen LogP contribution >= 0.6 is 11.6 Å². The zero-order valence-corrected chi connectivity index (χ0v) is 7.78. The molecular formula is C9H6ClNO3. The van der Waals surface area contributed by atoms with E-state index in [0.717, 1.165) is 0 Å². The number of hydrogen-bond acceptors (Lipinski definition) is 3. The molecule has 2 amide bonds. The number of carbonyl (C=O) groups excluding carboxylic acids is 2. The number of nitrogens with zero attached hydrogens (tertiary/aromatic N) is 1. The molecule has 0 unspecified atom stereocenters. The Labute approximate surface area is 84.7 Å². The lowest BCUT2D eigenvalue weighted by atomic mass is 10.00. The first-order valence-electron chi connectivity index (χ1n) is 3.94. The van der Waals surface area contributed by atoms with E-state index in [-0.39, 0.29) is 17.0 Å². The van der Waals surface area contributed by atoms with Gasteiger partial charge in [-0.15, -0.1) is 0 Å². The summed E-state index contributed by atoms with van der Waals surface area (Å²) in [4.78, 5) is 22.4. The topological polar surface area (TPSA) is 57.6 Å². The van der Waals surface area contributed by atoms with Crippen LogP contribution in [-0.2, 0) is 11.2 Å². The van der Waals surface area contributed by atoms with Crippen LogP contribution in [0.25, 0.3) is 0 Å². The van der Waals surface area contributed by atoms with Gasteiger partial charge in [-0.2, -0.15) is 5.06 Å². The predicted octanol–water partition coefficient (Wildman–Crippen LogP) is 1.25. The lowest BCUT2D eigenvalue weighted by Gasteiger charge is -2.20. The van der Waals surface area contributed by atoms with E-state index in [2.05, 4.69) is 0 Å². The van der Waals surface area contributed by atoms with Gasteiger partial charge in [0.15, 0.2) is 0 Å². The van der Waals surface area contributed by atoms with Crippen LogP contribution in [0.5, 0.6) is 0 Å². The van der Waals surface area contributed by atoms with Crippen LogP contribution in [0.4, 0.5) is 0 Å². The number of fused-ring (bicyclic) bond motifs is 1. The number of amides is 2. The molecular weight excluding hydrogens is 206 g/mol. The number of benzene rings is 1. The van der Waals surface area contributed by atoms with Gasteiger partial charge in [0.05, 0.1) is 6.42 Å². The van der Waals surface area contributed by atoms with E-state index >= 15 is 0 Å². The summed E-state index contributed by atoms with van der Waals surface area (Å²) in [5.41, 5.74) is 0.870. The smallest absolute Gasteiger partial charge is 0.278 e. The van der Waals surface area contributed by atoms with Crippen molar-refractivity contribution in [3.05, 3.63) is 34.3 Å². The van der Waals surface area contributed by atoms with Crippen LogP contribution in [0.3, 0.4) is 0 Å². The van der Waals surface area contributed by atoms with Crippen molar-refractivity contribution < 1.29 is 14.8 Å². The highest BCUT2D eigenvalue weighted by molar-refractivity contribution is 6.31. The molecule has 1 heterocycles. The quantitative estimate of drug-likeness (QED) is 0.519. The Hall–Kier alpha value is -1.39. The number of hydrogen-bond donors (Lipinski definition) is 1. The van der Waals surface area contributed by atoms with Crippen LogP contribution in [0, 0.1) is 0 Å². The van der Waals surface area contributed by atoms with Crippen molar-refractivity contribution in [1.29, 1.82) is 0 Å². The first-order valence-corrected chi connectivity index (χ1v) is 4.32. The summed E-state index contributed by atoms with van der Waals surface area (Å²) in [6.07, 6.45) is 0.0226. The van der Waals surface area contributed by atoms with Gasteiger partial charge in [0.2, 0.25) is 0 Å². The van der Waals surface area contributed by atoms with Crippen molar-refractivity contribution in [1.82, 2.24) is 5.06 Å². The van der Waals surface area contributed by atoms with Crippen molar-refractivity contribution in [3.63, 3.8) is 0 Å². The van der Waals surface area contributed by atoms with Crippen molar-refractivity contribution in [3.8, 4) is 0 Å². The molecule has 0 atom stereocenters. The second-order valence-electron chi connectivity index (χ2n) is 2.99. The first-order chi connectivity index (χ1) is 6.59. The number of rotatable bonds is 0. The molecule has 5 heteroatoms. The van der Waals surface area contributed by atoms with E-state index in [9.17, 15) is 9.59 Å². The van der Waals surface area contributed by atoms with Crippen molar-refractivity contribution in [2.45, 2.75) is 6.42 Å². The lowest BCUT2D eigenvalue weighted by Crippen LogP contribution is -2.39. The highest BCUT2D eigenvalue weighted by atomic mass is 35.5. The first kappa shape index (κ1) is 9.18. The van der Waals surface area contributed by atoms with Gasteiger partial charge < -0.3 is 0 Å². The molecule has 1 aliphatic rings. The van der Waals surface area contributed by atoms with Crippen molar-refractivity contribution in [2.24, 2.45) is 0 Å². The monoisotopic (exact) mass is 211 g/mol. The standard InChI is InChI=1S/C9H6ClNO3/c10-6-2-1-5-3-8(12)11(14)9(13)7(5)4-6/h1-2,4,14H,3H2. The van der Waals surface area contributed by atoms with E-state index in [0.29, 0.717) is 10.6 Å². The van der Waals surface area contributed by atoms with Crippen LogP contribution in [0.2, 0.25) is 5.02 Å². The number of carbonyl (C=O) groups is 2. The fourth-order valence-electron chi connectivity index (χ4n) is 1.37. The SMILES string of the molecule is O=C1Cc2ccc(Cl)cc2C(=O)N1O. The number of hydroxylamine groups is 2. The Bertz CT molecular complexity index is 430. The van der Waals surface area contributed by atoms with Gasteiger partial charge in [-0.25, -0.2) is 0 Å². The van der Waals surface area contributed by atoms with Gasteiger partial charge in [0.25, 0.3) is 11.8 Å². The zero-order chi connectivity index (χ0) is 10.3. The van der Waals surface area contributed by atoms with Gasteiger partial charge in [0, 0.05) is 10.6 Å². The number of halogens is 1. The third kappa shape index (κ3) is 1.29. The Morgan fingerprint density at radius 2 is 2.07 bits per heavy atom. The van der Waals surface area contributed by atoms with Crippen LogP contribution in [0.15, 0.2) is 18.2 Å². The van der Waals surface area contributed by atoms with Crippen LogP contribution < -0.4 is 0 Å². The Morgan fingerprint density at radius 3 is 2.79 bits per heavy atom. The Balaban J connectivity index is 2.57. The molecule has 0 fully saturated rings. The minimum absolute atomic E-state index is 0.0226. The normalized spacial score (nSPS) is 15.7. The molecule has 1 aromatic carbocycles. The molecule has 0 saturated heterocycles. The van der Waals surface area contributed by atoms with Crippen molar-refractivity contribution in [2.75, 3.05) is 0 Å². The van der Waals surface area contributed by atoms with Gasteiger partial charge in [-0.1, -0.05) is 17.7 Å². The third-order valence-electron chi connectivity index (χ3n) is 2.07. The molecule has 0 spiro atoms. The summed E-state index contributed by atoms with van der Waals surface area (Å²) >= 11 is 5.69. The van der Waals surface area contributed by atoms with Crippen LogP contribution in [0.1, 0.15) is 15.9 Å². The third-order valence-corrected chi connectivity index (χ3v) is 2.31. The highest BCUT2D eigenvalue weighted by Gasteiger charge is 2.29. The van der Waals surface area contributed by atoms with E-state index in [1.165, 1.54) is 6.07 Å². The lowest BCUT2D eigenvalue weighted by molar-refractivity contribution is -0.153. The summed E-state index contributed by atoms with van der Waals surface area (Å²) in [5.74, 6) is -1.34. The molecule has 1 N–H and O–H groups in total. The molecule has 1 aliphatic heterocycles. The Kier molecular flexibility index (Phi) is 2.02. The summed E-state index contributed by atoms with van der Waals surface area (Å²) in [6.45, 7) is 0. The molecule has 72 valence electrons. The van der Waals surface area contributed by atoms with E-state index < -0.39 is 11.8 Å². The summed E-state index contributed by atoms with van der Waals surface area (Å²) in [5, 5.41) is 9.60. The molecule has 0 saturated carbocycles. The largest absolute Gasteiger partial charge is 0.284 e. The van der Waals surface area contributed by atoms with Gasteiger partial charge in [0.1, 0.15) is 0 Å². The molecule has 0 aromatic heterocycles. The maximum atomic E-state index is 11.4. The zero-order valence-electron chi connectivity index (χ0n) is 7.03. The molecule has 0 aliphatic carbocycles. The van der Waals surface area contributed by atoms with E-state index in [1.54, 1.807) is 12.1 Å². The minimum Gasteiger partial charge on any atom is -0.278 e. The molecule has 0 radical (unpaired) electrons. The van der Waals surface area contributed by atoms with Crippen LogP contribution in [-0.4, -0.2) is 22.1 Å². The molecule has 1 aromatic rings. The minimum atomic E-state index is -0.723. The summed E-state index contributed by atoms with van der Waals surface area (Å²) in [6, 6.07) is 4.66. The average molecular weight is 212 g/mol. The molecule has 0 bridgehead atoms. The maximum absolute atomic E-state index is 11.4. The fourth-order valence-corrected chi connectivity index (χ4v) is 1.54. The fraction of sp³-hybridized carbons (Fsp3) is 0.111. The molecule has 14 heavy (non-hydrogen) atoms. The average Bonchev–Trinajstić information content (AvgIpc) is 2.16. The Morgan fingerprint density at radius 1 is 1.36 bits per heavy atom. The molecule has 4 nitrogen and oxygen atoms in total. The van der Waals surface area contributed by atoms with Gasteiger partial charge in [-0.05, 0) is 17.7 Å². The second-order valence-corrected chi connectivity index (χ2v) is 3.43. The van der Waals surface area contributed by atoms with E-state index in [4.69, 9.17) is 16.8 Å². The summed E-state index contributed by atoms with van der Waals surface area (Å²) in [7, 11) is 0. The molecule has 2 rings (SSSR count). The van der Waals surface area contributed by atoms with Crippen molar-refractivity contribution >= 4 is 23.4 Å². The highest BCUT2D eigenvalue weighted by Crippen LogP contribution is 2.22. The van der Waals surface area contributed by atoms with Gasteiger partial charge in [-0.3, -0.25) is 14.8 Å². The van der Waals surface area contributed by atoms with Gasteiger partial charge >= 0.3 is 0 Å². The predicted molar refractivity (Wildman–Crippen MR) is 48.1 cm³/mol. The summed E-state index contributed by atoms with van der Waals surface area (Å²) < 4.78 is 0. The number of imide groups is 1. The maximum Gasteiger partial charge on any atom is 0.284 e.